The van der Waals surface area contributed by atoms with Crippen molar-refractivity contribution in [2.45, 2.75) is 19.4 Å². The van der Waals surface area contributed by atoms with Gasteiger partial charge in [0.25, 0.3) is 0 Å². The molecule has 1 atom stereocenters. The van der Waals surface area contributed by atoms with E-state index in [4.69, 9.17) is 0 Å². The van der Waals surface area contributed by atoms with Crippen LogP contribution in [0, 0.1) is 0 Å². The summed E-state index contributed by atoms with van der Waals surface area (Å²) in [6.07, 6.45) is 2.14. The first-order valence-corrected chi connectivity index (χ1v) is 5.91. The summed E-state index contributed by atoms with van der Waals surface area (Å²) in [5.41, 5.74) is 1.91. The van der Waals surface area contributed by atoms with E-state index in [1.165, 1.54) is 0 Å². The Morgan fingerprint density at radius 2 is 2.19 bits per heavy atom. The lowest BCUT2D eigenvalue weighted by Gasteiger charge is -2.29. The fourth-order valence-corrected chi connectivity index (χ4v) is 1.91. The van der Waals surface area contributed by atoms with Crippen LogP contribution in [0.3, 0.4) is 0 Å². The molecule has 16 heavy (non-hydrogen) atoms. The molecule has 4 nitrogen and oxygen atoms in total. The molecule has 1 aromatic heterocycles. The minimum absolute atomic E-state index is 0.433. The maximum absolute atomic E-state index is 9.64. The summed E-state index contributed by atoms with van der Waals surface area (Å²) in [7, 11) is 0. The Bertz CT molecular complexity index is 320. The summed E-state index contributed by atoms with van der Waals surface area (Å²) >= 11 is 0. The van der Waals surface area contributed by atoms with Crippen LogP contribution in [0.5, 0.6) is 0 Å². The van der Waals surface area contributed by atoms with Crippen LogP contribution in [-0.4, -0.2) is 36.3 Å². The highest BCUT2D eigenvalue weighted by atomic mass is 16.3. The zero-order chi connectivity index (χ0) is 11.4. The number of hydrogen-bond donors (Lipinski definition) is 2. The average molecular weight is 221 g/mol. The van der Waals surface area contributed by atoms with E-state index < -0.39 is 6.10 Å². The number of aromatic nitrogens is 1. The maximum atomic E-state index is 9.64. The maximum Gasteiger partial charge on any atom is 0.0957 e. The Morgan fingerprint density at radius 3 is 2.75 bits per heavy atom. The second-order valence-electron chi connectivity index (χ2n) is 4.10. The van der Waals surface area contributed by atoms with Gasteiger partial charge >= 0.3 is 0 Å². The minimum atomic E-state index is -0.433. The lowest BCUT2D eigenvalue weighted by Crippen LogP contribution is -2.43. The summed E-state index contributed by atoms with van der Waals surface area (Å²) in [5, 5.41) is 13.0. The molecule has 1 aromatic rings. The lowest BCUT2D eigenvalue weighted by molar-refractivity contribution is 0.169. The molecule has 1 fully saturated rings. The van der Waals surface area contributed by atoms with E-state index in [-0.39, 0.29) is 0 Å². The molecule has 1 aliphatic rings. The van der Waals surface area contributed by atoms with E-state index in [0.717, 1.165) is 37.6 Å². The average Bonchev–Trinajstić information content (AvgIpc) is 2.39. The number of pyridine rings is 1. The fraction of sp³-hybridized carbons (Fsp3) is 0.583. The monoisotopic (exact) mass is 221 g/mol. The number of nitrogens with zero attached hydrogens (tertiary/aromatic N) is 2. The molecule has 4 heteroatoms. The quantitative estimate of drug-likeness (QED) is 0.797. The van der Waals surface area contributed by atoms with E-state index >= 15 is 0 Å². The molecule has 0 aliphatic carbocycles. The van der Waals surface area contributed by atoms with Crippen LogP contribution in [0.2, 0.25) is 0 Å². The topological polar surface area (TPSA) is 48.4 Å². The number of rotatable bonds is 3. The number of hydrogen-bond acceptors (Lipinski definition) is 4. The lowest BCUT2D eigenvalue weighted by atomic mass is 10.2. The Hall–Kier alpha value is -1.13. The van der Waals surface area contributed by atoms with E-state index in [2.05, 4.69) is 15.2 Å². The van der Waals surface area contributed by atoms with Crippen LogP contribution in [0.1, 0.15) is 25.1 Å². The van der Waals surface area contributed by atoms with Gasteiger partial charge in [-0.1, -0.05) is 6.92 Å². The summed E-state index contributed by atoms with van der Waals surface area (Å²) in [6.45, 7) is 6.06. The zero-order valence-corrected chi connectivity index (χ0v) is 9.69. The van der Waals surface area contributed by atoms with Crippen LogP contribution in [0.25, 0.3) is 0 Å². The molecular weight excluding hydrogens is 202 g/mol. The first kappa shape index (κ1) is 11.4. The zero-order valence-electron chi connectivity index (χ0n) is 9.69. The molecular formula is C12H19N3O. The third-order valence-electron chi connectivity index (χ3n) is 2.98. The minimum Gasteiger partial charge on any atom is -0.387 e. The van der Waals surface area contributed by atoms with Crippen molar-refractivity contribution in [2.24, 2.45) is 0 Å². The second-order valence-corrected chi connectivity index (χ2v) is 4.10. The molecule has 1 saturated heterocycles. The van der Waals surface area contributed by atoms with Crippen molar-refractivity contribution < 1.29 is 5.11 Å². The molecule has 0 unspecified atom stereocenters. The van der Waals surface area contributed by atoms with Crippen LogP contribution in [-0.2, 0) is 0 Å². The summed E-state index contributed by atoms with van der Waals surface area (Å²) in [6, 6.07) is 3.97. The van der Waals surface area contributed by atoms with Crippen molar-refractivity contribution in [1.29, 1.82) is 0 Å². The van der Waals surface area contributed by atoms with Crippen molar-refractivity contribution >= 4 is 5.69 Å². The Morgan fingerprint density at radius 1 is 1.44 bits per heavy atom. The predicted molar refractivity (Wildman–Crippen MR) is 64.6 cm³/mol. The summed E-state index contributed by atoms with van der Waals surface area (Å²) < 4.78 is 0. The highest BCUT2D eigenvalue weighted by Gasteiger charge is 2.11. The van der Waals surface area contributed by atoms with Gasteiger partial charge in [0.15, 0.2) is 0 Å². The smallest absolute Gasteiger partial charge is 0.0957 e. The number of anilines is 1. The first-order chi connectivity index (χ1) is 7.81. The number of aliphatic hydroxyl groups is 1. The van der Waals surface area contributed by atoms with Gasteiger partial charge in [-0.15, -0.1) is 0 Å². The van der Waals surface area contributed by atoms with E-state index in [1.807, 2.05) is 25.3 Å². The van der Waals surface area contributed by atoms with Gasteiger partial charge in [0.05, 0.1) is 23.7 Å². The van der Waals surface area contributed by atoms with Crippen LogP contribution >= 0.6 is 0 Å². The Balaban J connectivity index is 2.06. The second kappa shape index (κ2) is 5.27. The molecule has 2 rings (SSSR count). The molecule has 88 valence electrons. The molecule has 2 N–H and O–H groups in total. The van der Waals surface area contributed by atoms with Gasteiger partial charge in [-0.3, -0.25) is 4.98 Å². The van der Waals surface area contributed by atoms with Crippen LogP contribution in [0.4, 0.5) is 5.69 Å². The highest BCUT2D eigenvalue weighted by Crippen LogP contribution is 2.18. The molecule has 0 bridgehead atoms. The van der Waals surface area contributed by atoms with Gasteiger partial charge in [-0.2, -0.15) is 0 Å². The highest BCUT2D eigenvalue weighted by molar-refractivity contribution is 5.45. The standard InChI is InChI=1S/C12H19N3O/c1-2-12(16)11-4-3-10(9-14-11)15-7-5-13-6-8-15/h3-4,9,12-13,16H,2,5-8H2,1H3/t12-/m0/s1. The molecule has 0 saturated carbocycles. The van der Waals surface area contributed by atoms with Crippen molar-refractivity contribution in [1.82, 2.24) is 10.3 Å². The van der Waals surface area contributed by atoms with Crippen molar-refractivity contribution in [3.8, 4) is 0 Å². The van der Waals surface area contributed by atoms with Gasteiger partial charge in [0.1, 0.15) is 0 Å². The van der Waals surface area contributed by atoms with Crippen molar-refractivity contribution in [2.75, 3.05) is 31.1 Å². The van der Waals surface area contributed by atoms with E-state index in [9.17, 15) is 5.11 Å². The Kier molecular flexibility index (Phi) is 3.74. The van der Waals surface area contributed by atoms with Crippen LogP contribution < -0.4 is 10.2 Å². The van der Waals surface area contributed by atoms with Crippen molar-refractivity contribution in [3.05, 3.63) is 24.0 Å². The number of aliphatic hydroxyl groups excluding tert-OH is 1. The Labute approximate surface area is 96.3 Å². The normalized spacial score (nSPS) is 18.5. The summed E-state index contributed by atoms with van der Waals surface area (Å²) in [5.74, 6) is 0. The van der Waals surface area contributed by atoms with Crippen molar-refractivity contribution in [3.63, 3.8) is 0 Å². The van der Waals surface area contributed by atoms with Gasteiger partial charge < -0.3 is 15.3 Å². The molecule has 0 aromatic carbocycles. The summed E-state index contributed by atoms with van der Waals surface area (Å²) in [4.78, 5) is 6.62. The third kappa shape index (κ3) is 2.51. The number of piperazine rings is 1. The SMILES string of the molecule is CC[C@H](O)c1ccc(N2CCNCC2)cn1. The molecule has 2 heterocycles. The van der Waals surface area contributed by atoms with E-state index in [0.29, 0.717) is 6.42 Å². The number of nitrogens with one attached hydrogen (secondary N) is 1. The predicted octanol–water partition coefficient (Wildman–Crippen LogP) is 0.935. The molecule has 0 spiro atoms. The molecule has 0 amide bonds. The van der Waals surface area contributed by atoms with E-state index in [1.54, 1.807) is 0 Å². The van der Waals surface area contributed by atoms with Gasteiger partial charge in [0, 0.05) is 26.2 Å². The van der Waals surface area contributed by atoms with Gasteiger partial charge in [-0.25, -0.2) is 0 Å². The van der Waals surface area contributed by atoms with Gasteiger partial charge in [-0.05, 0) is 18.6 Å². The third-order valence-corrected chi connectivity index (χ3v) is 2.98. The molecule has 1 aliphatic heterocycles. The molecule has 0 radical (unpaired) electrons. The largest absolute Gasteiger partial charge is 0.387 e. The first-order valence-electron chi connectivity index (χ1n) is 5.91. The fourth-order valence-electron chi connectivity index (χ4n) is 1.91. The van der Waals surface area contributed by atoms with Crippen LogP contribution in [0.15, 0.2) is 18.3 Å². The van der Waals surface area contributed by atoms with Gasteiger partial charge in [0.2, 0.25) is 0 Å².